The quantitative estimate of drug-likeness (QED) is 0.653. The molecule has 16 heavy (non-hydrogen) atoms. The van der Waals surface area contributed by atoms with E-state index in [2.05, 4.69) is 5.32 Å². The molecule has 2 aliphatic carbocycles. The molecule has 0 aromatic rings. The van der Waals surface area contributed by atoms with Crippen LogP contribution in [0.3, 0.4) is 0 Å². The molecule has 2 fully saturated rings. The van der Waals surface area contributed by atoms with Gasteiger partial charge in [-0.25, -0.2) is 0 Å². The second kappa shape index (κ2) is 6.61. The zero-order valence-corrected chi connectivity index (χ0v) is 10.6. The molecule has 0 aliphatic heterocycles. The summed E-state index contributed by atoms with van der Waals surface area (Å²) in [5.74, 6) is 1.94. The molecule has 0 spiro atoms. The van der Waals surface area contributed by atoms with Crippen molar-refractivity contribution in [2.75, 3.05) is 13.1 Å². The van der Waals surface area contributed by atoms with Gasteiger partial charge in [-0.1, -0.05) is 32.1 Å². The Hall–Kier alpha value is -0.0800. The Balaban J connectivity index is 1.59. The van der Waals surface area contributed by atoms with Gasteiger partial charge in [0.25, 0.3) is 0 Å². The molecule has 2 nitrogen and oxygen atoms in total. The molecule has 0 aromatic carbocycles. The van der Waals surface area contributed by atoms with Gasteiger partial charge in [0.15, 0.2) is 0 Å². The Bertz CT molecular complexity index is 183. The predicted octanol–water partition coefficient (Wildman–Crippen LogP) is 2.67. The smallest absolute Gasteiger partial charge is 0.0218 e. The summed E-state index contributed by atoms with van der Waals surface area (Å²) in [7, 11) is 0. The van der Waals surface area contributed by atoms with Crippen LogP contribution in [-0.2, 0) is 0 Å². The Kier molecular flexibility index (Phi) is 5.11. The van der Waals surface area contributed by atoms with Crippen molar-refractivity contribution >= 4 is 0 Å². The molecule has 0 amide bonds. The first-order valence-corrected chi connectivity index (χ1v) is 7.33. The Morgan fingerprint density at radius 1 is 1.06 bits per heavy atom. The van der Waals surface area contributed by atoms with Crippen molar-refractivity contribution in [1.29, 1.82) is 0 Å². The van der Waals surface area contributed by atoms with Crippen molar-refractivity contribution in [3.8, 4) is 0 Å². The molecule has 2 saturated carbocycles. The van der Waals surface area contributed by atoms with Gasteiger partial charge in [0, 0.05) is 12.6 Å². The summed E-state index contributed by atoms with van der Waals surface area (Å²) < 4.78 is 0. The van der Waals surface area contributed by atoms with Gasteiger partial charge in [-0.15, -0.1) is 0 Å². The first-order valence-electron chi connectivity index (χ1n) is 7.33. The lowest BCUT2D eigenvalue weighted by molar-refractivity contribution is 0.271. The fraction of sp³-hybridized carbons (Fsp3) is 1.00. The Labute approximate surface area is 100 Å². The molecule has 94 valence electrons. The molecular weight excluding hydrogens is 196 g/mol. The van der Waals surface area contributed by atoms with Gasteiger partial charge < -0.3 is 11.1 Å². The van der Waals surface area contributed by atoms with Crippen molar-refractivity contribution in [1.82, 2.24) is 5.32 Å². The predicted molar refractivity (Wildman–Crippen MR) is 69.4 cm³/mol. The summed E-state index contributed by atoms with van der Waals surface area (Å²) in [4.78, 5) is 0. The van der Waals surface area contributed by atoms with E-state index >= 15 is 0 Å². The van der Waals surface area contributed by atoms with E-state index in [1.54, 1.807) is 0 Å². The number of rotatable bonds is 7. The highest BCUT2D eigenvalue weighted by Crippen LogP contribution is 2.33. The number of nitrogens with one attached hydrogen (secondary N) is 1. The monoisotopic (exact) mass is 224 g/mol. The minimum absolute atomic E-state index is 0.597. The summed E-state index contributed by atoms with van der Waals surface area (Å²) in [5, 5.41) is 3.70. The van der Waals surface area contributed by atoms with Crippen LogP contribution in [0.2, 0.25) is 0 Å². The first kappa shape index (κ1) is 12.4. The minimum atomic E-state index is 0.597. The van der Waals surface area contributed by atoms with Crippen molar-refractivity contribution in [3.05, 3.63) is 0 Å². The third kappa shape index (κ3) is 4.06. The number of nitrogens with two attached hydrogens (primary N) is 1. The van der Waals surface area contributed by atoms with Gasteiger partial charge in [-0.2, -0.15) is 0 Å². The molecule has 1 unspecified atom stereocenters. The molecule has 0 radical (unpaired) electrons. The van der Waals surface area contributed by atoms with Crippen molar-refractivity contribution in [2.24, 2.45) is 17.6 Å². The van der Waals surface area contributed by atoms with Gasteiger partial charge in [-0.05, 0) is 44.1 Å². The summed E-state index contributed by atoms with van der Waals surface area (Å²) in [6.45, 7) is 2.02. The van der Waals surface area contributed by atoms with Crippen LogP contribution in [0.15, 0.2) is 0 Å². The highest BCUT2D eigenvalue weighted by Gasteiger charge is 2.23. The van der Waals surface area contributed by atoms with Gasteiger partial charge in [0.1, 0.15) is 0 Å². The van der Waals surface area contributed by atoms with E-state index in [-0.39, 0.29) is 0 Å². The van der Waals surface area contributed by atoms with Gasteiger partial charge >= 0.3 is 0 Å². The van der Waals surface area contributed by atoms with Crippen LogP contribution in [-0.4, -0.2) is 19.1 Å². The number of hydrogen-bond donors (Lipinski definition) is 2. The van der Waals surface area contributed by atoms with Crippen molar-refractivity contribution < 1.29 is 0 Å². The average Bonchev–Trinajstić information content (AvgIpc) is 3.14. The van der Waals surface area contributed by atoms with Crippen LogP contribution in [0.25, 0.3) is 0 Å². The normalized spacial score (nSPS) is 24.6. The molecule has 2 heteroatoms. The topological polar surface area (TPSA) is 38.0 Å². The maximum Gasteiger partial charge on any atom is 0.0218 e. The van der Waals surface area contributed by atoms with Crippen LogP contribution in [0.1, 0.15) is 57.8 Å². The van der Waals surface area contributed by atoms with Crippen molar-refractivity contribution in [2.45, 2.75) is 63.8 Å². The van der Waals surface area contributed by atoms with E-state index < -0.39 is 0 Å². The molecule has 0 saturated heterocycles. The molecule has 2 aliphatic rings. The minimum Gasteiger partial charge on any atom is -0.329 e. The molecular formula is C14H28N2. The lowest BCUT2D eigenvalue weighted by Crippen LogP contribution is -2.43. The van der Waals surface area contributed by atoms with Crippen LogP contribution in [0, 0.1) is 11.8 Å². The lowest BCUT2D eigenvalue weighted by atomic mass is 9.84. The van der Waals surface area contributed by atoms with Crippen LogP contribution in [0.5, 0.6) is 0 Å². The Morgan fingerprint density at radius 3 is 2.44 bits per heavy atom. The average molecular weight is 224 g/mol. The summed E-state index contributed by atoms with van der Waals surface area (Å²) in [5.41, 5.74) is 5.90. The Morgan fingerprint density at radius 2 is 1.81 bits per heavy atom. The molecule has 2 rings (SSSR count). The molecule has 0 heterocycles. The second-order valence-electron chi connectivity index (χ2n) is 5.78. The molecule has 1 atom stereocenters. The fourth-order valence-corrected chi connectivity index (χ4v) is 3.06. The first-order chi connectivity index (χ1) is 7.90. The highest BCUT2D eigenvalue weighted by atomic mass is 14.9. The summed E-state index contributed by atoms with van der Waals surface area (Å²) in [6.07, 6.45) is 12.9. The highest BCUT2D eigenvalue weighted by molar-refractivity contribution is 4.80. The SMILES string of the molecule is NCC(NCCCC1CC1)C1CCCCC1. The molecule has 3 N–H and O–H groups in total. The molecule has 0 bridgehead atoms. The zero-order valence-electron chi connectivity index (χ0n) is 10.6. The third-order valence-electron chi connectivity index (χ3n) is 4.37. The summed E-state index contributed by atoms with van der Waals surface area (Å²) >= 11 is 0. The van der Waals surface area contributed by atoms with E-state index in [1.165, 1.54) is 64.3 Å². The standard InChI is InChI=1S/C14H28N2/c15-11-14(13-6-2-1-3-7-13)16-10-4-5-12-8-9-12/h12-14,16H,1-11,15H2. The van der Waals surface area contributed by atoms with Gasteiger partial charge in [0.2, 0.25) is 0 Å². The van der Waals surface area contributed by atoms with E-state index in [0.29, 0.717) is 6.04 Å². The van der Waals surface area contributed by atoms with E-state index in [1.807, 2.05) is 0 Å². The largest absolute Gasteiger partial charge is 0.329 e. The third-order valence-corrected chi connectivity index (χ3v) is 4.37. The maximum atomic E-state index is 5.90. The van der Waals surface area contributed by atoms with Gasteiger partial charge in [0.05, 0.1) is 0 Å². The summed E-state index contributed by atoms with van der Waals surface area (Å²) in [6, 6.07) is 0.597. The lowest BCUT2D eigenvalue weighted by Gasteiger charge is -2.30. The number of hydrogen-bond acceptors (Lipinski definition) is 2. The van der Waals surface area contributed by atoms with Crippen LogP contribution >= 0.6 is 0 Å². The second-order valence-corrected chi connectivity index (χ2v) is 5.78. The van der Waals surface area contributed by atoms with Crippen LogP contribution < -0.4 is 11.1 Å². The van der Waals surface area contributed by atoms with Crippen molar-refractivity contribution in [3.63, 3.8) is 0 Å². The zero-order chi connectivity index (χ0) is 11.2. The van der Waals surface area contributed by atoms with E-state index in [4.69, 9.17) is 5.73 Å². The molecule has 0 aromatic heterocycles. The van der Waals surface area contributed by atoms with Crippen LogP contribution in [0.4, 0.5) is 0 Å². The fourth-order valence-electron chi connectivity index (χ4n) is 3.06. The maximum absolute atomic E-state index is 5.90. The van der Waals surface area contributed by atoms with E-state index in [0.717, 1.165) is 18.4 Å². The van der Waals surface area contributed by atoms with E-state index in [9.17, 15) is 0 Å². The van der Waals surface area contributed by atoms with Gasteiger partial charge in [-0.3, -0.25) is 0 Å².